The third-order valence-corrected chi connectivity index (χ3v) is 4.91. The highest BCUT2D eigenvalue weighted by Crippen LogP contribution is 2.51. The smallest absolute Gasteiger partial charge is 0.306 e. The Morgan fingerprint density at radius 1 is 1.10 bits per heavy atom. The van der Waals surface area contributed by atoms with Crippen molar-refractivity contribution in [3.05, 3.63) is 47.1 Å². The molecule has 0 aromatic rings. The van der Waals surface area contributed by atoms with E-state index in [-0.39, 0.29) is 0 Å². The second-order valence-corrected chi connectivity index (χ2v) is 7.70. The van der Waals surface area contributed by atoms with E-state index in [0.29, 0.717) is 19.4 Å². The summed E-state index contributed by atoms with van der Waals surface area (Å²) in [7, 11) is -2.83. The van der Waals surface area contributed by atoms with E-state index in [0.717, 1.165) is 18.4 Å². The maximum absolute atomic E-state index is 11.9. The Labute approximate surface area is 129 Å². The maximum Gasteiger partial charge on any atom is 0.334 e. The first-order valence-corrected chi connectivity index (χ1v) is 9.16. The summed E-state index contributed by atoms with van der Waals surface area (Å²) in [5, 5.41) is 0. The quantitative estimate of drug-likeness (QED) is 0.358. The van der Waals surface area contributed by atoms with Gasteiger partial charge >= 0.3 is 7.60 Å². The molecule has 118 valence electrons. The standard InChI is InChI=1S/C17H27O3P/c1-15(2)7-5-8-16(3)9-6-10-17(4)11-14-21(18)19-12-13-20-21/h6-7,9-11H,5,8,12-14H2,1-4H3. The van der Waals surface area contributed by atoms with Gasteiger partial charge in [-0.15, -0.1) is 0 Å². The molecule has 0 unspecified atom stereocenters. The third-order valence-electron chi connectivity index (χ3n) is 3.13. The zero-order valence-corrected chi connectivity index (χ0v) is 14.5. The van der Waals surface area contributed by atoms with E-state index in [9.17, 15) is 4.57 Å². The molecule has 0 atom stereocenters. The van der Waals surface area contributed by atoms with Gasteiger partial charge < -0.3 is 9.05 Å². The van der Waals surface area contributed by atoms with Gasteiger partial charge in [-0.05, 0) is 40.5 Å². The molecule has 1 aliphatic heterocycles. The van der Waals surface area contributed by atoms with E-state index >= 15 is 0 Å². The molecular formula is C17H27O3P. The van der Waals surface area contributed by atoms with Crippen molar-refractivity contribution in [3.8, 4) is 0 Å². The van der Waals surface area contributed by atoms with E-state index in [1.54, 1.807) is 0 Å². The molecule has 1 heterocycles. The molecule has 0 aliphatic carbocycles. The van der Waals surface area contributed by atoms with Crippen LogP contribution in [0, 0.1) is 0 Å². The fraction of sp³-hybridized carbons (Fsp3) is 0.529. The molecule has 0 aromatic heterocycles. The first-order chi connectivity index (χ1) is 9.91. The second kappa shape index (κ2) is 9.19. The minimum Gasteiger partial charge on any atom is -0.306 e. The molecule has 3 nitrogen and oxygen atoms in total. The fourth-order valence-electron chi connectivity index (χ4n) is 1.86. The number of hydrogen-bond acceptors (Lipinski definition) is 3. The van der Waals surface area contributed by atoms with Gasteiger partial charge in [0.05, 0.1) is 19.4 Å². The van der Waals surface area contributed by atoms with E-state index in [2.05, 4.69) is 32.9 Å². The van der Waals surface area contributed by atoms with Crippen LogP contribution in [0.5, 0.6) is 0 Å². The Hall–Kier alpha value is -0.890. The normalized spacial score (nSPS) is 19.2. The topological polar surface area (TPSA) is 35.5 Å². The average molecular weight is 310 g/mol. The highest BCUT2D eigenvalue weighted by atomic mass is 31.2. The Bertz CT molecular complexity index is 484. The molecule has 0 radical (unpaired) electrons. The van der Waals surface area contributed by atoms with Crippen LogP contribution in [-0.2, 0) is 13.6 Å². The monoisotopic (exact) mass is 310 g/mol. The van der Waals surface area contributed by atoms with Crippen molar-refractivity contribution in [3.63, 3.8) is 0 Å². The molecule has 1 aliphatic rings. The van der Waals surface area contributed by atoms with Crippen LogP contribution in [0.4, 0.5) is 0 Å². The molecule has 1 rings (SSSR count). The van der Waals surface area contributed by atoms with Gasteiger partial charge in [0.25, 0.3) is 0 Å². The predicted octanol–water partition coefficient (Wildman–Crippen LogP) is 5.42. The molecule has 0 spiro atoms. The molecule has 0 saturated carbocycles. The summed E-state index contributed by atoms with van der Waals surface area (Å²) in [6.07, 6.45) is 12.9. The Balaban J connectivity index is 2.40. The van der Waals surface area contributed by atoms with Gasteiger partial charge in [0, 0.05) is 0 Å². The summed E-state index contributed by atoms with van der Waals surface area (Å²) >= 11 is 0. The molecule has 0 aromatic carbocycles. The van der Waals surface area contributed by atoms with Crippen molar-refractivity contribution in [2.75, 3.05) is 19.4 Å². The maximum atomic E-state index is 11.9. The van der Waals surface area contributed by atoms with Crippen LogP contribution in [0.3, 0.4) is 0 Å². The first-order valence-electron chi connectivity index (χ1n) is 7.43. The molecule has 4 heteroatoms. The van der Waals surface area contributed by atoms with Gasteiger partial charge in [0.2, 0.25) is 0 Å². The third kappa shape index (κ3) is 8.21. The molecular weight excluding hydrogens is 283 g/mol. The van der Waals surface area contributed by atoms with Crippen molar-refractivity contribution >= 4 is 7.60 Å². The van der Waals surface area contributed by atoms with Gasteiger partial charge in [0.1, 0.15) is 0 Å². The lowest BCUT2D eigenvalue weighted by Crippen LogP contribution is -1.86. The van der Waals surface area contributed by atoms with Crippen molar-refractivity contribution < 1.29 is 13.6 Å². The highest BCUT2D eigenvalue weighted by molar-refractivity contribution is 7.54. The van der Waals surface area contributed by atoms with Crippen LogP contribution in [-0.4, -0.2) is 19.4 Å². The van der Waals surface area contributed by atoms with E-state index in [1.165, 1.54) is 11.1 Å². The summed E-state index contributed by atoms with van der Waals surface area (Å²) in [4.78, 5) is 0. The van der Waals surface area contributed by atoms with Crippen LogP contribution >= 0.6 is 7.60 Å². The Morgan fingerprint density at radius 2 is 1.76 bits per heavy atom. The molecule has 1 fully saturated rings. The van der Waals surface area contributed by atoms with Crippen LogP contribution in [0.2, 0.25) is 0 Å². The minimum atomic E-state index is -2.83. The van der Waals surface area contributed by atoms with E-state index in [1.807, 2.05) is 25.2 Å². The summed E-state index contributed by atoms with van der Waals surface area (Å²) in [5.41, 5.74) is 3.79. The number of allylic oxidation sites excluding steroid dienone is 8. The van der Waals surface area contributed by atoms with Gasteiger partial charge in [-0.2, -0.15) is 0 Å². The average Bonchev–Trinajstić information content (AvgIpc) is 2.83. The molecule has 1 saturated heterocycles. The largest absolute Gasteiger partial charge is 0.334 e. The Morgan fingerprint density at radius 3 is 2.38 bits per heavy atom. The zero-order valence-electron chi connectivity index (χ0n) is 13.6. The Kier molecular flexibility index (Phi) is 7.95. The molecule has 21 heavy (non-hydrogen) atoms. The summed E-state index contributed by atoms with van der Waals surface area (Å²) < 4.78 is 22.2. The second-order valence-electron chi connectivity index (χ2n) is 5.60. The van der Waals surface area contributed by atoms with Crippen molar-refractivity contribution in [1.29, 1.82) is 0 Å². The van der Waals surface area contributed by atoms with Crippen molar-refractivity contribution in [2.24, 2.45) is 0 Å². The van der Waals surface area contributed by atoms with Crippen LogP contribution < -0.4 is 0 Å². The van der Waals surface area contributed by atoms with Crippen LogP contribution in [0.15, 0.2) is 47.1 Å². The summed E-state index contributed by atoms with van der Waals surface area (Å²) in [5.74, 6) is 0. The van der Waals surface area contributed by atoms with Crippen molar-refractivity contribution in [1.82, 2.24) is 0 Å². The highest BCUT2D eigenvalue weighted by Gasteiger charge is 2.28. The van der Waals surface area contributed by atoms with Crippen LogP contribution in [0.25, 0.3) is 0 Å². The van der Waals surface area contributed by atoms with Gasteiger partial charge in [-0.1, -0.05) is 47.1 Å². The predicted molar refractivity (Wildman–Crippen MR) is 89.7 cm³/mol. The van der Waals surface area contributed by atoms with E-state index < -0.39 is 7.60 Å². The van der Waals surface area contributed by atoms with Crippen LogP contribution in [0.1, 0.15) is 40.5 Å². The minimum absolute atomic E-state index is 0.354. The number of hydrogen-bond donors (Lipinski definition) is 0. The lowest BCUT2D eigenvalue weighted by atomic mass is 10.1. The molecule has 0 N–H and O–H groups in total. The zero-order chi connectivity index (χ0) is 15.7. The number of rotatable bonds is 7. The van der Waals surface area contributed by atoms with Gasteiger partial charge in [-0.25, -0.2) is 0 Å². The fourth-order valence-corrected chi connectivity index (χ4v) is 3.36. The lowest BCUT2D eigenvalue weighted by Gasteiger charge is -2.05. The van der Waals surface area contributed by atoms with Gasteiger partial charge in [-0.3, -0.25) is 4.57 Å². The van der Waals surface area contributed by atoms with Crippen molar-refractivity contribution in [2.45, 2.75) is 40.5 Å². The molecule has 0 bridgehead atoms. The first kappa shape index (κ1) is 18.2. The molecule has 0 amide bonds. The lowest BCUT2D eigenvalue weighted by molar-refractivity contribution is 0.355. The summed E-state index contributed by atoms with van der Waals surface area (Å²) in [6.45, 7) is 9.25. The van der Waals surface area contributed by atoms with E-state index in [4.69, 9.17) is 9.05 Å². The van der Waals surface area contributed by atoms with Gasteiger partial charge in [0.15, 0.2) is 0 Å². The summed E-state index contributed by atoms with van der Waals surface area (Å²) in [6, 6.07) is 0. The SMILES string of the molecule is CC(C)=CCCC(C)=CC=CC(C)=CCP1(=O)OCCO1.